The van der Waals surface area contributed by atoms with Gasteiger partial charge in [0.1, 0.15) is 5.82 Å². The molecule has 0 aromatic heterocycles. The van der Waals surface area contributed by atoms with Gasteiger partial charge in [-0.15, -0.1) is 12.4 Å². The second-order valence-electron chi connectivity index (χ2n) is 3.84. The van der Waals surface area contributed by atoms with Gasteiger partial charge in [-0.25, -0.2) is 4.39 Å². The molecule has 1 aliphatic heterocycles. The summed E-state index contributed by atoms with van der Waals surface area (Å²) in [7, 11) is 0. The van der Waals surface area contributed by atoms with E-state index in [1.54, 1.807) is 13.0 Å². The summed E-state index contributed by atoms with van der Waals surface area (Å²) in [6.07, 6.45) is 0. The SMILES string of the molecule is Cc1cc(F)c(C2(N)CNC2)cc1Cl.Cl. The van der Waals surface area contributed by atoms with Gasteiger partial charge >= 0.3 is 0 Å². The van der Waals surface area contributed by atoms with Crippen molar-refractivity contribution in [3.05, 3.63) is 34.1 Å². The van der Waals surface area contributed by atoms with Crippen LogP contribution in [-0.2, 0) is 5.54 Å². The van der Waals surface area contributed by atoms with E-state index in [-0.39, 0.29) is 18.2 Å². The van der Waals surface area contributed by atoms with Crippen LogP contribution < -0.4 is 11.1 Å². The molecule has 0 amide bonds. The summed E-state index contributed by atoms with van der Waals surface area (Å²) in [6, 6.07) is 3.07. The zero-order valence-electron chi connectivity index (χ0n) is 8.31. The first-order valence-electron chi connectivity index (χ1n) is 4.49. The van der Waals surface area contributed by atoms with Crippen molar-refractivity contribution in [2.75, 3.05) is 13.1 Å². The fourth-order valence-electron chi connectivity index (χ4n) is 1.61. The Bertz CT molecular complexity index is 378. The van der Waals surface area contributed by atoms with Gasteiger partial charge in [-0.1, -0.05) is 11.6 Å². The van der Waals surface area contributed by atoms with Gasteiger partial charge in [-0.3, -0.25) is 0 Å². The monoisotopic (exact) mass is 250 g/mol. The minimum absolute atomic E-state index is 0. The Morgan fingerprint density at radius 1 is 1.47 bits per heavy atom. The number of nitrogens with two attached hydrogens (primary N) is 1. The zero-order chi connectivity index (χ0) is 10.3. The van der Waals surface area contributed by atoms with Crippen LogP contribution in [-0.4, -0.2) is 13.1 Å². The third kappa shape index (κ3) is 2.11. The Hall–Kier alpha value is -0.350. The van der Waals surface area contributed by atoms with Gasteiger partial charge in [0.15, 0.2) is 0 Å². The summed E-state index contributed by atoms with van der Waals surface area (Å²) >= 11 is 5.93. The number of rotatable bonds is 1. The highest BCUT2D eigenvalue weighted by atomic mass is 35.5. The first-order chi connectivity index (χ1) is 6.53. The third-order valence-electron chi connectivity index (χ3n) is 2.67. The molecule has 0 aliphatic carbocycles. The summed E-state index contributed by atoms with van der Waals surface area (Å²) in [5.41, 5.74) is 6.65. The van der Waals surface area contributed by atoms with Crippen LogP contribution in [0.15, 0.2) is 12.1 Å². The first-order valence-corrected chi connectivity index (χ1v) is 4.86. The second kappa shape index (κ2) is 4.26. The van der Waals surface area contributed by atoms with Crippen LogP contribution in [0.25, 0.3) is 0 Å². The normalized spacial score (nSPS) is 17.9. The molecule has 2 rings (SSSR count). The van der Waals surface area contributed by atoms with Gasteiger partial charge in [0.05, 0.1) is 5.54 Å². The fraction of sp³-hybridized carbons (Fsp3) is 0.400. The molecule has 0 saturated carbocycles. The molecule has 1 aliphatic rings. The summed E-state index contributed by atoms with van der Waals surface area (Å²) < 4.78 is 13.6. The van der Waals surface area contributed by atoms with Gasteiger partial charge in [0, 0.05) is 23.7 Å². The number of halogens is 3. The Morgan fingerprint density at radius 2 is 2.07 bits per heavy atom. The van der Waals surface area contributed by atoms with Crippen molar-refractivity contribution >= 4 is 24.0 Å². The van der Waals surface area contributed by atoms with E-state index in [9.17, 15) is 4.39 Å². The molecule has 0 unspecified atom stereocenters. The van der Waals surface area contributed by atoms with Crippen molar-refractivity contribution in [2.24, 2.45) is 5.73 Å². The van der Waals surface area contributed by atoms with Crippen molar-refractivity contribution in [3.8, 4) is 0 Å². The van der Waals surface area contributed by atoms with Crippen LogP contribution in [0.2, 0.25) is 5.02 Å². The first kappa shape index (κ1) is 12.7. The number of benzene rings is 1. The van der Waals surface area contributed by atoms with Crippen LogP contribution in [0.1, 0.15) is 11.1 Å². The van der Waals surface area contributed by atoms with Crippen molar-refractivity contribution in [2.45, 2.75) is 12.5 Å². The van der Waals surface area contributed by atoms with E-state index < -0.39 is 5.54 Å². The lowest BCUT2D eigenvalue weighted by molar-refractivity contribution is 0.277. The zero-order valence-corrected chi connectivity index (χ0v) is 9.88. The van der Waals surface area contributed by atoms with Crippen molar-refractivity contribution < 1.29 is 4.39 Å². The predicted molar refractivity (Wildman–Crippen MR) is 62.1 cm³/mol. The molecular formula is C10H13Cl2FN2. The van der Waals surface area contributed by atoms with Gasteiger partial charge in [0.25, 0.3) is 0 Å². The Kier molecular flexibility index (Phi) is 3.61. The molecule has 1 fully saturated rings. The molecule has 2 nitrogen and oxygen atoms in total. The highest BCUT2D eigenvalue weighted by Gasteiger charge is 2.36. The Balaban J connectivity index is 0.00000112. The number of aryl methyl sites for hydroxylation is 1. The molecule has 5 heteroatoms. The lowest BCUT2D eigenvalue weighted by Crippen LogP contribution is -2.63. The largest absolute Gasteiger partial charge is 0.319 e. The minimum Gasteiger partial charge on any atom is -0.319 e. The molecule has 1 heterocycles. The van der Waals surface area contributed by atoms with Crippen LogP contribution in [0.4, 0.5) is 4.39 Å². The van der Waals surface area contributed by atoms with E-state index >= 15 is 0 Å². The van der Waals surface area contributed by atoms with E-state index in [1.165, 1.54) is 6.07 Å². The van der Waals surface area contributed by atoms with Gasteiger partial charge in [-0.05, 0) is 24.6 Å². The maximum absolute atomic E-state index is 13.6. The standard InChI is InChI=1S/C10H12ClFN2.ClH/c1-6-2-9(12)7(3-8(6)11)10(13)4-14-5-10;/h2-3,14H,4-5,13H2,1H3;1H. The maximum atomic E-state index is 13.6. The average molecular weight is 251 g/mol. The van der Waals surface area contributed by atoms with Crippen molar-refractivity contribution in [1.82, 2.24) is 5.32 Å². The van der Waals surface area contributed by atoms with Gasteiger partial charge in [0.2, 0.25) is 0 Å². The van der Waals surface area contributed by atoms with E-state index in [1.807, 2.05) is 0 Å². The molecule has 84 valence electrons. The number of hydrogen-bond acceptors (Lipinski definition) is 2. The highest BCUT2D eigenvalue weighted by Crippen LogP contribution is 2.29. The second-order valence-corrected chi connectivity index (χ2v) is 4.25. The summed E-state index contributed by atoms with van der Waals surface area (Å²) in [6.45, 7) is 2.98. The number of hydrogen-bond donors (Lipinski definition) is 2. The smallest absolute Gasteiger partial charge is 0.128 e. The quantitative estimate of drug-likeness (QED) is 0.800. The molecule has 0 bridgehead atoms. The van der Waals surface area contributed by atoms with Crippen molar-refractivity contribution in [1.29, 1.82) is 0 Å². The third-order valence-corrected chi connectivity index (χ3v) is 3.07. The fourth-order valence-corrected chi connectivity index (χ4v) is 1.78. The summed E-state index contributed by atoms with van der Waals surface area (Å²) in [4.78, 5) is 0. The van der Waals surface area contributed by atoms with E-state index in [2.05, 4.69) is 5.32 Å². The molecular weight excluding hydrogens is 238 g/mol. The lowest BCUT2D eigenvalue weighted by atomic mass is 9.84. The molecule has 0 radical (unpaired) electrons. The van der Waals surface area contributed by atoms with E-state index in [0.717, 1.165) is 5.56 Å². The van der Waals surface area contributed by atoms with Crippen molar-refractivity contribution in [3.63, 3.8) is 0 Å². The Labute approximate surface area is 99.4 Å². The van der Waals surface area contributed by atoms with Crippen LogP contribution in [0.3, 0.4) is 0 Å². The molecule has 1 aromatic carbocycles. The molecule has 0 atom stereocenters. The predicted octanol–water partition coefficient (Wildman–Crippen LogP) is 1.97. The molecule has 0 spiro atoms. The van der Waals surface area contributed by atoms with Crippen LogP contribution in [0.5, 0.6) is 0 Å². The van der Waals surface area contributed by atoms with Crippen LogP contribution in [0, 0.1) is 12.7 Å². The van der Waals surface area contributed by atoms with E-state index in [0.29, 0.717) is 23.7 Å². The van der Waals surface area contributed by atoms with Gasteiger partial charge in [-0.2, -0.15) is 0 Å². The maximum Gasteiger partial charge on any atom is 0.128 e. The average Bonchev–Trinajstić information content (AvgIpc) is 2.07. The minimum atomic E-state index is -0.582. The Morgan fingerprint density at radius 3 is 2.53 bits per heavy atom. The molecule has 1 saturated heterocycles. The van der Waals surface area contributed by atoms with Gasteiger partial charge < -0.3 is 11.1 Å². The van der Waals surface area contributed by atoms with E-state index in [4.69, 9.17) is 17.3 Å². The number of nitrogens with one attached hydrogen (secondary N) is 1. The molecule has 1 aromatic rings. The molecule has 15 heavy (non-hydrogen) atoms. The lowest BCUT2D eigenvalue weighted by Gasteiger charge is -2.39. The highest BCUT2D eigenvalue weighted by molar-refractivity contribution is 6.31. The molecule has 3 N–H and O–H groups in total. The van der Waals surface area contributed by atoms with Crippen LogP contribution >= 0.6 is 24.0 Å². The summed E-state index contributed by atoms with van der Waals surface area (Å²) in [5.74, 6) is -0.268. The topological polar surface area (TPSA) is 38.0 Å². The summed E-state index contributed by atoms with van der Waals surface area (Å²) in [5, 5.41) is 3.59.